The van der Waals surface area contributed by atoms with Gasteiger partial charge < -0.3 is 29.2 Å². The van der Waals surface area contributed by atoms with Crippen molar-refractivity contribution in [2.24, 2.45) is 0 Å². The lowest BCUT2D eigenvalue weighted by Crippen LogP contribution is -2.62. The van der Waals surface area contributed by atoms with Crippen molar-refractivity contribution in [1.82, 2.24) is 9.97 Å². The summed E-state index contributed by atoms with van der Waals surface area (Å²) < 4.78 is 18.1. The molecule has 0 unspecified atom stereocenters. The summed E-state index contributed by atoms with van der Waals surface area (Å²) in [5, 5.41) is 23.3. The van der Waals surface area contributed by atoms with Crippen molar-refractivity contribution in [1.29, 1.82) is 0 Å². The van der Waals surface area contributed by atoms with E-state index in [1.807, 2.05) is 29.2 Å². The quantitative estimate of drug-likeness (QED) is 0.254. The number of aromatic amines is 1. The maximum absolute atomic E-state index is 11.8. The molecule has 0 radical (unpaired) electrons. The minimum atomic E-state index is -1.33. The molecule has 34 heavy (non-hydrogen) atoms. The fourth-order valence-corrected chi connectivity index (χ4v) is 4.64. The van der Waals surface area contributed by atoms with Gasteiger partial charge in [-0.1, -0.05) is 15.9 Å². The van der Waals surface area contributed by atoms with Crippen LogP contribution >= 0.6 is 15.9 Å². The van der Waals surface area contributed by atoms with Gasteiger partial charge in [-0.15, -0.1) is 0 Å². The number of hydrogen-bond donors (Lipinski definition) is 2. The van der Waals surface area contributed by atoms with E-state index in [0.717, 1.165) is 10.2 Å². The lowest BCUT2D eigenvalue weighted by Gasteiger charge is -2.49. The van der Waals surface area contributed by atoms with Gasteiger partial charge in [0.15, 0.2) is 11.9 Å². The summed E-state index contributed by atoms with van der Waals surface area (Å²) in [5.74, 6) is 1.05. The number of nitro groups is 1. The van der Waals surface area contributed by atoms with E-state index in [4.69, 9.17) is 14.2 Å². The van der Waals surface area contributed by atoms with Gasteiger partial charge in [0.1, 0.15) is 17.7 Å². The minimum absolute atomic E-state index is 0.105. The molecule has 3 atom stereocenters. The number of methoxy groups -OCH3 is 2. The van der Waals surface area contributed by atoms with E-state index in [9.17, 15) is 15.2 Å². The van der Waals surface area contributed by atoms with Crippen LogP contribution in [-0.2, 0) is 16.0 Å². The highest BCUT2D eigenvalue weighted by Crippen LogP contribution is 2.47. The second kappa shape index (κ2) is 9.71. The van der Waals surface area contributed by atoms with Gasteiger partial charge in [0.05, 0.1) is 17.5 Å². The number of imidazole rings is 1. The molecule has 2 N–H and O–H groups in total. The molecule has 2 aromatic carbocycles. The van der Waals surface area contributed by atoms with Crippen molar-refractivity contribution < 1.29 is 24.2 Å². The van der Waals surface area contributed by atoms with Crippen molar-refractivity contribution in [3.05, 3.63) is 80.8 Å². The van der Waals surface area contributed by atoms with Gasteiger partial charge >= 0.3 is 0 Å². The highest BCUT2D eigenvalue weighted by Gasteiger charge is 2.54. The molecule has 1 aromatic heterocycles. The van der Waals surface area contributed by atoms with Crippen LogP contribution < -0.4 is 9.64 Å². The summed E-state index contributed by atoms with van der Waals surface area (Å²) in [6.07, 6.45) is 1.24. The molecule has 0 aliphatic carbocycles. The predicted octanol–water partition coefficient (Wildman–Crippen LogP) is 3.96. The van der Waals surface area contributed by atoms with Crippen molar-refractivity contribution in [2.45, 2.75) is 37.5 Å². The van der Waals surface area contributed by atoms with E-state index >= 15 is 0 Å². The molecular weight excluding hydrogens is 508 g/mol. The van der Waals surface area contributed by atoms with Gasteiger partial charge in [-0.05, 0) is 37.3 Å². The number of nitrogens with one attached hydrogen (secondary N) is 1. The van der Waals surface area contributed by atoms with Crippen LogP contribution in [0.3, 0.4) is 0 Å². The number of aliphatic hydroxyl groups excluding tert-OH is 1. The third-order valence-corrected chi connectivity index (χ3v) is 6.53. The molecule has 180 valence electrons. The van der Waals surface area contributed by atoms with Gasteiger partial charge in [0.25, 0.3) is 5.69 Å². The minimum Gasteiger partial charge on any atom is -0.479 e. The molecule has 3 aromatic rings. The largest absolute Gasteiger partial charge is 0.479 e. The van der Waals surface area contributed by atoms with E-state index < -0.39 is 29.0 Å². The smallest absolute Gasteiger partial charge is 0.270 e. The van der Waals surface area contributed by atoms with Gasteiger partial charge in [-0.25, -0.2) is 4.98 Å². The maximum Gasteiger partial charge on any atom is 0.270 e. The Balaban J connectivity index is 1.92. The third-order valence-electron chi connectivity index (χ3n) is 6.00. The number of anilines is 1. The van der Waals surface area contributed by atoms with Gasteiger partial charge in [-0.2, -0.15) is 0 Å². The summed E-state index contributed by atoms with van der Waals surface area (Å²) in [7, 11) is 2.93. The maximum atomic E-state index is 11.8. The van der Waals surface area contributed by atoms with Crippen LogP contribution in [0.25, 0.3) is 0 Å². The first-order valence-electron chi connectivity index (χ1n) is 10.5. The van der Waals surface area contributed by atoms with E-state index in [1.165, 1.54) is 26.4 Å². The highest BCUT2D eigenvalue weighted by molar-refractivity contribution is 9.10. The Labute approximate surface area is 204 Å². The first kappa shape index (κ1) is 24.1. The Morgan fingerprint density at radius 2 is 2.00 bits per heavy atom. The first-order valence-corrected chi connectivity index (χ1v) is 11.3. The zero-order valence-electron chi connectivity index (χ0n) is 18.8. The summed E-state index contributed by atoms with van der Waals surface area (Å²) in [6.45, 7) is 1.98. The number of nitrogens with zero attached hydrogens (tertiary/aromatic N) is 3. The van der Waals surface area contributed by atoms with Crippen LogP contribution in [-0.4, -0.2) is 52.2 Å². The number of H-pyrrole nitrogens is 1. The number of aromatic nitrogens is 2. The monoisotopic (exact) mass is 532 g/mol. The number of aliphatic hydroxyl groups is 1. The summed E-state index contributed by atoms with van der Waals surface area (Å²) in [6, 6.07) is 11.2. The lowest BCUT2D eigenvalue weighted by atomic mass is 9.83. The molecule has 0 saturated heterocycles. The molecule has 0 bridgehead atoms. The van der Waals surface area contributed by atoms with Crippen molar-refractivity contribution in [2.75, 3.05) is 19.1 Å². The van der Waals surface area contributed by atoms with Crippen molar-refractivity contribution >= 4 is 27.3 Å². The molecule has 2 heterocycles. The average Bonchev–Trinajstić information content (AvgIpc) is 3.33. The van der Waals surface area contributed by atoms with Crippen LogP contribution in [0.4, 0.5) is 11.4 Å². The number of non-ortho nitro benzene ring substituents is 1. The molecule has 1 aliphatic rings. The Morgan fingerprint density at radius 3 is 2.59 bits per heavy atom. The fraction of sp³-hybridized carbons (Fsp3) is 0.348. The molecule has 11 heteroatoms. The van der Waals surface area contributed by atoms with Gasteiger partial charge in [0, 0.05) is 54.5 Å². The van der Waals surface area contributed by atoms with E-state index in [2.05, 4.69) is 25.9 Å². The zero-order chi connectivity index (χ0) is 24.5. The normalized spacial score (nSPS) is 21.7. The molecule has 0 spiro atoms. The molecule has 0 saturated carbocycles. The number of rotatable bonds is 8. The van der Waals surface area contributed by atoms with E-state index in [0.29, 0.717) is 23.7 Å². The van der Waals surface area contributed by atoms with Crippen LogP contribution in [0.2, 0.25) is 0 Å². The van der Waals surface area contributed by atoms with Crippen molar-refractivity contribution in [3.8, 4) is 5.75 Å². The molecule has 0 amide bonds. The second-order valence-electron chi connectivity index (χ2n) is 8.10. The predicted molar refractivity (Wildman–Crippen MR) is 128 cm³/mol. The van der Waals surface area contributed by atoms with Gasteiger partial charge in [0.2, 0.25) is 0 Å². The zero-order valence-corrected chi connectivity index (χ0v) is 20.4. The number of fused-ring (bicyclic) bond motifs is 1. The SMILES string of the molecule is COC(OC)[C@]1(C)Oc2ccc([N+](=O)[O-])cc2[C@@H](N(Cc2ncc[nH]2)c2ccc(Br)cc2)[C@@H]1O. The molecular formula is C23H25BrN4O6. The number of halogens is 1. The van der Waals surface area contributed by atoms with Gasteiger partial charge in [-0.3, -0.25) is 10.1 Å². The Bertz CT molecular complexity index is 1140. The Kier molecular flexibility index (Phi) is 6.89. The number of ether oxygens (including phenoxy) is 3. The molecule has 0 fully saturated rings. The van der Waals surface area contributed by atoms with Crippen molar-refractivity contribution in [3.63, 3.8) is 0 Å². The molecule has 10 nitrogen and oxygen atoms in total. The Morgan fingerprint density at radius 1 is 1.29 bits per heavy atom. The summed E-state index contributed by atoms with van der Waals surface area (Å²) >= 11 is 3.46. The van der Waals surface area contributed by atoms with E-state index in [1.54, 1.807) is 25.4 Å². The highest BCUT2D eigenvalue weighted by atomic mass is 79.9. The number of hydrogen-bond acceptors (Lipinski definition) is 8. The fourth-order valence-electron chi connectivity index (χ4n) is 4.37. The van der Waals surface area contributed by atoms with Crippen LogP contribution in [0.5, 0.6) is 5.75 Å². The number of nitro benzene ring substituents is 1. The number of benzene rings is 2. The standard InChI is InChI=1S/C23H25BrN4O6/c1-23(22(32-2)33-3)21(29)20(17-12-16(28(30)31)8-9-18(17)34-23)27(13-19-25-10-11-26-19)15-6-4-14(24)5-7-15/h4-12,20-22,29H,13H2,1-3H3,(H,25,26)/t20-,21+,23-/m1/s1. The molecule has 4 rings (SSSR count). The molecule has 1 aliphatic heterocycles. The third kappa shape index (κ3) is 4.39. The lowest BCUT2D eigenvalue weighted by molar-refractivity contribution is -0.385. The first-order chi connectivity index (χ1) is 16.3. The Hall–Kier alpha value is -2.99. The summed E-state index contributed by atoms with van der Waals surface area (Å²) in [4.78, 5) is 20.5. The second-order valence-corrected chi connectivity index (χ2v) is 9.01. The topological polar surface area (TPSA) is 123 Å². The van der Waals surface area contributed by atoms with Crippen LogP contribution in [0, 0.1) is 10.1 Å². The average molecular weight is 533 g/mol. The van der Waals surface area contributed by atoms with Crippen LogP contribution in [0.1, 0.15) is 24.4 Å². The summed E-state index contributed by atoms with van der Waals surface area (Å²) in [5.41, 5.74) is -0.183. The van der Waals surface area contributed by atoms with Crippen LogP contribution in [0.15, 0.2) is 59.3 Å². The van der Waals surface area contributed by atoms with E-state index in [-0.39, 0.29) is 5.69 Å².